The predicted octanol–water partition coefficient (Wildman–Crippen LogP) is 1.90. The van der Waals surface area contributed by atoms with Gasteiger partial charge in [0.25, 0.3) is 0 Å². The summed E-state index contributed by atoms with van der Waals surface area (Å²) >= 11 is 1.49. The van der Waals surface area contributed by atoms with Crippen LogP contribution in [0, 0.1) is 12.3 Å². The maximum Gasteiger partial charge on any atom is 0.312 e. The van der Waals surface area contributed by atoms with Crippen LogP contribution in [0.4, 0.5) is 0 Å². The summed E-state index contributed by atoms with van der Waals surface area (Å²) in [5.74, 6) is -1.15. The first-order valence-corrected chi connectivity index (χ1v) is 9.43. The van der Waals surface area contributed by atoms with Gasteiger partial charge in [-0.25, -0.2) is 4.98 Å². The Morgan fingerprint density at radius 2 is 2.08 bits per heavy atom. The molecule has 2 heterocycles. The molecule has 1 saturated heterocycles. The fourth-order valence-corrected chi connectivity index (χ4v) is 4.06. The number of hydrogen-bond acceptors (Lipinski definition) is 5. The number of carbonyl (C=O) groups excluding carboxylic acids is 1. The number of aliphatic hydroxyl groups is 1. The number of rotatable bonds is 5. The summed E-state index contributed by atoms with van der Waals surface area (Å²) in [7, 11) is 0. The molecule has 0 radical (unpaired) electrons. The molecule has 2 aromatic rings. The van der Waals surface area contributed by atoms with Crippen LogP contribution in [0.25, 0.3) is 0 Å². The molecule has 3 rings (SSSR count). The topological polar surface area (TPSA) is 90.7 Å². The highest BCUT2D eigenvalue weighted by atomic mass is 32.1. The molecule has 7 heteroatoms. The summed E-state index contributed by atoms with van der Waals surface area (Å²) in [6.07, 6.45) is -0.469. The summed E-state index contributed by atoms with van der Waals surface area (Å²) in [4.78, 5) is 30.3. The number of nitrogens with zero attached hydrogens (tertiary/aromatic N) is 2. The van der Waals surface area contributed by atoms with Gasteiger partial charge in [0, 0.05) is 18.5 Å². The zero-order chi connectivity index (χ0) is 18.7. The lowest BCUT2D eigenvalue weighted by Crippen LogP contribution is -2.57. The molecule has 0 unspecified atom stereocenters. The second-order valence-corrected chi connectivity index (χ2v) is 7.83. The Hall–Kier alpha value is -2.25. The van der Waals surface area contributed by atoms with E-state index in [0.29, 0.717) is 12.2 Å². The Morgan fingerprint density at radius 1 is 1.35 bits per heavy atom. The molecule has 0 spiro atoms. The van der Waals surface area contributed by atoms with Gasteiger partial charge in [-0.2, -0.15) is 0 Å². The average Bonchev–Trinajstić information content (AvgIpc) is 3.02. The van der Waals surface area contributed by atoms with Crippen LogP contribution >= 0.6 is 11.3 Å². The highest BCUT2D eigenvalue weighted by Crippen LogP contribution is 2.36. The summed E-state index contributed by atoms with van der Waals surface area (Å²) in [6, 6.07) is 9.30. The monoisotopic (exact) mass is 374 g/mol. The second-order valence-electron chi connectivity index (χ2n) is 6.76. The van der Waals surface area contributed by atoms with Gasteiger partial charge in [0.2, 0.25) is 5.91 Å². The van der Waals surface area contributed by atoms with Gasteiger partial charge in [-0.05, 0) is 25.3 Å². The Morgan fingerprint density at radius 3 is 2.65 bits per heavy atom. The lowest BCUT2D eigenvalue weighted by molar-refractivity contribution is -0.165. The molecular weight excluding hydrogens is 352 g/mol. The van der Waals surface area contributed by atoms with Crippen molar-refractivity contribution in [1.29, 1.82) is 0 Å². The maximum absolute atomic E-state index is 12.5. The minimum absolute atomic E-state index is 0.0289. The molecule has 26 heavy (non-hydrogen) atoms. The Bertz CT molecular complexity index is 792. The third-order valence-electron chi connectivity index (χ3n) is 5.00. The van der Waals surface area contributed by atoms with Crippen molar-refractivity contribution in [3.63, 3.8) is 0 Å². The van der Waals surface area contributed by atoms with E-state index in [0.717, 1.165) is 10.6 Å². The molecule has 1 amide bonds. The molecule has 2 atom stereocenters. The molecule has 0 saturated carbocycles. The van der Waals surface area contributed by atoms with Crippen LogP contribution in [0.2, 0.25) is 0 Å². The van der Waals surface area contributed by atoms with Crippen molar-refractivity contribution in [3.05, 3.63) is 52.0 Å². The number of likely N-dealkylation sites (tertiary alicyclic amines) is 1. The summed E-state index contributed by atoms with van der Waals surface area (Å²) in [6.45, 7) is 2.23. The van der Waals surface area contributed by atoms with E-state index in [1.165, 1.54) is 11.3 Å². The van der Waals surface area contributed by atoms with Crippen LogP contribution in [-0.4, -0.2) is 51.2 Å². The van der Waals surface area contributed by atoms with Gasteiger partial charge in [-0.3, -0.25) is 9.59 Å². The fourth-order valence-electron chi connectivity index (χ4n) is 3.45. The number of amides is 1. The van der Waals surface area contributed by atoms with Crippen molar-refractivity contribution in [2.24, 2.45) is 5.41 Å². The van der Waals surface area contributed by atoms with Crippen LogP contribution in [0.5, 0.6) is 0 Å². The van der Waals surface area contributed by atoms with Gasteiger partial charge in [0.05, 0.1) is 23.2 Å². The largest absolute Gasteiger partial charge is 0.481 e. The number of thiazole rings is 1. The number of β-amino-alcohol motifs (C(OH)–C–C–N with tert-alkyl or cyclic N) is 1. The van der Waals surface area contributed by atoms with E-state index in [1.807, 2.05) is 42.6 Å². The van der Waals surface area contributed by atoms with Crippen molar-refractivity contribution in [3.8, 4) is 0 Å². The van der Waals surface area contributed by atoms with Crippen LogP contribution < -0.4 is 0 Å². The standard InChI is InChI=1S/C19H22N2O4S/c1-13-20-15(12-26-13)9-17(23)21-8-7-19(18(24)25,16(22)11-21)10-14-5-3-2-4-6-14/h2-6,12,16,22H,7-11H2,1H3,(H,24,25)/t16-,19+/m0/s1. The third kappa shape index (κ3) is 3.78. The zero-order valence-corrected chi connectivity index (χ0v) is 15.4. The van der Waals surface area contributed by atoms with Crippen LogP contribution in [0.15, 0.2) is 35.7 Å². The molecule has 0 bridgehead atoms. The Kier molecular flexibility index (Phi) is 5.38. The minimum atomic E-state index is -1.27. The first kappa shape index (κ1) is 18.5. The molecule has 1 aromatic carbocycles. The number of aliphatic hydroxyl groups excluding tert-OH is 1. The molecule has 0 aliphatic carbocycles. The number of hydrogen-bond donors (Lipinski definition) is 2. The van der Waals surface area contributed by atoms with Crippen LogP contribution in [0.1, 0.15) is 22.7 Å². The predicted molar refractivity (Wildman–Crippen MR) is 98.0 cm³/mol. The molecule has 1 fully saturated rings. The first-order chi connectivity index (χ1) is 12.4. The molecule has 1 aromatic heterocycles. The molecule has 2 N–H and O–H groups in total. The van der Waals surface area contributed by atoms with Crippen molar-refractivity contribution >= 4 is 23.2 Å². The second kappa shape index (κ2) is 7.55. The SMILES string of the molecule is Cc1nc(CC(=O)N2CC[C@](Cc3ccccc3)(C(=O)O)[C@@H](O)C2)cs1. The highest BCUT2D eigenvalue weighted by molar-refractivity contribution is 7.09. The van der Waals surface area contributed by atoms with Gasteiger partial charge in [-0.15, -0.1) is 11.3 Å². The molecular formula is C19H22N2O4S. The minimum Gasteiger partial charge on any atom is -0.481 e. The lowest BCUT2D eigenvalue weighted by atomic mass is 9.71. The smallest absolute Gasteiger partial charge is 0.312 e. The Balaban J connectivity index is 1.70. The maximum atomic E-state index is 12.5. The normalized spacial score (nSPS) is 23.0. The van der Waals surface area contributed by atoms with E-state index in [4.69, 9.17) is 0 Å². The molecule has 138 valence electrons. The number of benzene rings is 1. The molecule has 6 nitrogen and oxygen atoms in total. The zero-order valence-electron chi connectivity index (χ0n) is 14.6. The number of carboxylic acids is 1. The van der Waals surface area contributed by atoms with Gasteiger partial charge < -0.3 is 15.1 Å². The van der Waals surface area contributed by atoms with Crippen molar-refractivity contribution in [1.82, 2.24) is 9.88 Å². The van der Waals surface area contributed by atoms with Gasteiger partial charge in [0.1, 0.15) is 5.41 Å². The van der Waals surface area contributed by atoms with E-state index < -0.39 is 17.5 Å². The first-order valence-electron chi connectivity index (χ1n) is 8.55. The number of aromatic nitrogens is 1. The lowest BCUT2D eigenvalue weighted by Gasteiger charge is -2.42. The van der Waals surface area contributed by atoms with E-state index in [1.54, 1.807) is 4.90 Å². The third-order valence-corrected chi connectivity index (χ3v) is 5.82. The van der Waals surface area contributed by atoms with E-state index >= 15 is 0 Å². The van der Waals surface area contributed by atoms with Gasteiger partial charge in [0.15, 0.2) is 0 Å². The van der Waals surface area contributed by atoms with E-state index in [9.17, 15) is 19.8 Å². The average molecular weight is 374 g/mol. The van der Waals surface area contributed by atoms with Crippen molar-refractivity contribution < 1.29 is 19.8 Å². The van der Waals surface area contributed by atoms with Gasteiger partial charge in [-0.1, -0.05) is 30.3 Å². The number of aliphatic carboxylic acids is 1. The van der Waals surface area contributed by atoms with Crippen molar-refractivity contribution in [2.75, 3.05) is 13.1 Å². The number of carboxylic acid groups (broad SMARTS) is 1. The highest BCUT2D eigenvalue weighted by Gasteiger charge is 2.49. The van der Waals surface area contributed by atoms with Crippen LogP contribution in [-0.2, 0) is 22.4 Å². The van der Waals surface area contributed by atoms with Crippen LogP contribution in [0.3, 0.4) is 0 Å². The number of piperidine rings is 1. The fraction of sp³-hybridized carbons (Fsp3) is 0.421. The van der Waals surface area contributed by atoms with Gasteiger partial charge >= 0.3 is 5.97 Å². The number of carbonyl (C=O) groups is 2. The molecule has 1 aliphatic rings. The summed E-state index contributed by atoms with van der Waals surface area (Å²) in [5, 5.41) is 23.2. The number of aryl methyl sites for hydroxylation is 1. The Labute approximate surface area is 156 Å². The van der Waals surface area contributed by atoms with E-state index in [-0.39, 0.29) is 31.7 Å². The quantitative estimate of drug-likeness (QED) is 0.834. The summed E-state index contributed by atoms with van der Waals surface area (Å²) < 4.78 is 0. The molecule has 1 aliphatic heterocycles. The summed E-state index contributed by atoms with van der Waals surface area (Å²) in [5.41, 5.74) is 0.313. The van der Waals surface area contributed by atoms with Crippen molar-refractivity contribution in [2.45, 2.75) is 32.3 Å². The van der Waals surface area contributed by atoms with E-state index in [2.05, 4.69) is 4.98 Å².